The number of fused-ring (bicyclic) bond motifs is 1. The molecule has 1 aromatic rings. The number of benzene rings is 1. The van der Waals surface area contributed by atoms with Gasteiger partial charge in [0, 0.05) is 18.2 Å². The minimum atomic E-state index is 0.390. The summed E-state index contributed by atoms with van der Waals surface area (Å²) < 4.78 is 5.14. The Morgan fingerprint density at radius 3 is 3.07 bits per heavy atom. The van der Waals surface area contributed by atoms with Gasteiger partial charge < -0.3 is 10.5 Å². The van der Waals surface area contributed by atoms with Gasteiger partial charge in [0.2, 0.25) is 0 Å². The average molecular weight is 190 g/mol. The molecule has 3 nitrogen and oxygen atoms in total. The molecule has 3 heteroatoms. The Labute approximate surface area is 83.6 Å². The van der Waals surface area contributed by atoms with Crippen molar-refractivity contribution >= 4 is 11.9 Å². The van der Waals surface area contributed by atoms with Gasteiger partial charge in [0.05, 0.1) is 12.8 Å². The molecule has 0 amide bonds. The second-order valence-electron chi connectivity index (χ2n) is 3.39. The summed E-state index contributed by atoms with van der Waals surface area (Å²) in [6.07, 6.45) is 2.93. The first-order valence-electron chi connectivity index (χ1n) is 4.77. The van der Waals surface area contributed by atoms with Gasteiger partial charge in [0.1, 0.15) is 5.75 Å². The summed E-state index contributed by atoms with van der Waals surface area (Å²) in [6, 6.07) is 6.00. The van der Waals surface area contributed by atoms with E-state index in [1.807, 2.05) is 18.3 Å². The molecule has 0 fully saturated rings. The number of rotatable bonds is 3. The van der Waals surface area contributed by atoms with E-state index in [1.54, 1.807) is 7.11 Å². The van der Waals surface area contributed by atoms with Crippen molar-refractivity contribution in [3.8, 4) is 5.75 Å². The van der Waals surface area contributed by atoms with E-state index in [4.69, 9.17) is 10.5 Å². The molecule has 14 heavy (non-hydrogen) atoms. The van der Waals surface area contributed by atoms with Crippen LogP contribution in [0.5, 0.6) is 5.75 Å². The molecular weight excluding hydrogens is 176 g/mol. The van der Waals surface area contributed by atoms with E-state index in [0.29, 0.717) is 12.5 Å². The van der Waals surface area contributed by atoms with E-state index >= 15 is 0 Å². The Kier molecular flexibility index (Phi) is 2.50. The van der Waals surface area contributed by atoms with Gasteiger partial charge in [-0.2, -0.15) is 0 Å². The number of methoxy groups -OCH3 is 1. The molecule has 2 rings (SSSR count). The third kappa shape index (κ3) is 1.51. The first-order chi connectivity index (χ1) is 6.85. The molecule has 1 aliphatic heterocycles. The molecule has 0 unspecified atom stereocenters. The van der Waals surface area contributed by atoms with Crippen LogP contribution in [0.15, 0.2) is 23.2 Å². The number of ether oxygens (including phenoxy) is 1. The van der Waals surface area contributed by atoms with Crippen LogP contribution in [-0.2, 0) is 0 Å². The maximum Gasteiger partial charge on any atom is 0.121 e. The molecule has 0 spiro atoms. The maximum atomic E-state index is 5.54. The highest BCUT2D eigenvalue weighted by Crippen LogP contribution is 2.36. The minimum absolute atomic E-state index is 0.390. The quantitative estimate of drug-likeness (QED) is 0.790. The highest BCUT2D eigenvalue weighted by atomic mass is 16.5. The summed E-state index contributed by atoms with van der Waals surface area (Å²) in [4.78, 5) is 4.35. The highest BCUT2D eigenvalue weighted by molar-refractivity contribution is 5.81. The topological polar surface area (TPSA) is 47.6 Å². The molecule has 2 N–H and O–H groups in total. The summed E-state index contributed by atoms with van der Waals surface area (Å²) in [5.74, 6) is 1.25. The van der Waals surface area contributed by atoms with Crippen molar-refractivity contribution in [2.45, 2.75) is 12.3 Å². The van der Waals surface area contributed by atoms with Crippen molar-refractivity contribution in [2.75, 3.05) is 13.7 Å². The third-order valence-corrected chi connectivity index (χ3v) is 2.51. The SMILES string of the molecule is COc1ccc2c(c1)N=C[C@@H]2CCN. The van der Waals surface area contributed by atoms with E-state index in [2.05, 4.69) is 11.1 Å². The number of nitrogens with zero attached hydrogens (tertiary/aromatic N) is 1. The van der Waals surface area contributed by atoms with E-state index in [1.165, 1.54) is 5.56 Å². The normalized spacial score (nSPS) is 18.3. The van der Waals surface area contributed by atoms with Gasteiger partial charge in [0.15, 0.2) is 0 Å². The lowest BCUT2D eigenvalue weighted by molar-refractivity contribution is 0.415. The van der Waals surface area contributed by atoms with Crippen LogP contribution in [-0.4, -0.2) is 19.9 Å². The van der Waals surface area contributed by atoms with Crippen LogP contribution >= 0.6 is 0 Å². The summed E-state index contributed by atoms with van der Waals surface area (Å²) in [5, 5.41) is 0. The van der Waals surface area contributed by atoms with Crippen LogP contribution in [0.3, 0.4) is 0 Å². The van der Waals surface area contributed by atoms with Gasteiger partial charge in [-0.05, 0) is 24.6 Å². The average Bonchev–Trinajstić information content (AvgIpc) is 2.61. The summed E-state index contributed by atoms with van der Waals surface area (Å²) in [7, 11) is 1.66. The Morgan fingerprint density at radius 2 is 2.36 bits per heavy atom. The van der Waals surface area contributed by atoms with Crippen molar-refractivity contribution in [3.05, 3.63) is 23.8 Å². The van der Waals surface area contributed by atoms with Gasteiger partial charge in [-0.25, -0.2) is 0 Å². The molecule has 0 radical (unpaired) electrons. The van der Waals surface area contributed by atoms with E-state index in [-0.39, 0.29) is 0 Å². The monoisotopic (exact) mass is 190 g/mol. The molecular formula is C11H14N2O. The van der Waals surface area contributed by atoms with Crippen LogP contribution in [0.2, 0.25) is 0 Å². The first-order valence-corrected chi connectivity index (χ1v) is 4.77. The third-order valence-electron chi connectivity index (χ3n) is 2.51. The van der Waals surface area contributed by atoms with Gasteiger partial charge in [-0.15, -0.1) is 0 Å². The lowest BCUT2D eigenvalue weighted by Gasteiger charge is -2.08. The second-order valence-corrected chi connectivity index (χ2v) is 3.39. The van der Waals surface area contributed by atoms with Crippen molar-refractivity contribution < 1.29 is 4.74 Å². The number of aliphatic imine (C=N–C) groups is 1. The highest BCUT2D eigenvalue weighted by Gasteiger charge is 2.18. The fourth-order valence-electron chi connectivity index (χ4n) is 1.74. The zero-order valence-electron chi connectivity index (χ0n) is 8.23. The van der Waals surface area contributed by atoms with Crippen LogP contribution in [0.4, 0.5) is 5.69 Å². The smallest absolute Gasteiger partial charge is 0.121 e. The summed E-state index contributed by atoms with van der Waals surface area (Å²) >= 11 is 0. The van der Waals surface area contributed by atoms with Gasteiger partial charge >= 0.3 is 0 Å². The van der Waals surface area contributed by atoms with Crippen LogP contribution in [0, 0.1) is 0 Å². The second kappa shape index (κ2) is 3.80. The van der Waals surface area contributed by atoms with E-state index < -0.39 is 0 Å². The van der Waals surface area contributed by atoms with Crippen LogP contribution in [0.25, 0.3) is 0 Å². The Bertz CT molecular complexity index is 360. The largest absolute Gasteiger partial charge is 0.497 e. The van der Waals surface area contributed by atoms with Crippen LogP contribution in [0.1, 0.15) is 17.9 Å². The molecule has 0 saturated carbocycles. The predicted octanol–water partition coefficient (Wildman–Crippen LogP) is 1.84. The maximum absolute atomic E-state index is 5.54. The van der Waals surface area contributed by atoms with Gasteiger partial charge in [0.25, 0.3) is 0 Å². The lowest BCUT2D eigenvalue weighted by atomic mass is 9.98. The predicted molar refractivity (Wildman–Crippen MR) is 57.6 cm³/mol. The standard InChI is InChI=1S/C11H14N2O/c1-14-9-2-3-10-8(4-5-12)7-13-11(10)6-9/h2-3,6-8H,4-5,12H2,1H3/t8-/m0/s1. The molecule has 0 bridgehead atoms. The molecule has 74 valence electrons. The lowest BCUT2D eigenvalue weighted by Crippen LogP contribution is -2.06. The van der Waals surface area contributed by atoms with E-state index in [0.717, 1.165) is 17.9 Å². The van der Waals surface area contributed by atoms with Crippen molar-refractivity contribution in [1.29, 1.82) is 0 Å². The zero-order chi connectivity index (χ0) is 9.97. The molecule has 1 aliphatic rings. The van der Waals surface area contributed by atoms with Gasteiger partial charge in [-0.3, -0.25) is 4.99 Å². The number of nitrogens with two attached hydrogens (primary N) is 1. The Hall–Kier alpha value is -1.35. The fraction of sp³-hybridized carbons (Fsp3) is 0.364. The zero-order valence-corrected chi connectivity index (χ0v) is 8.23. The number of hydrogen-bond donors (Lipinski definition) is 1. The molecule has 1 atom stereocenters. The van der Waals surface area contributed by atoms with Crippen molar-refractivity contribution in [3.63, 3.8) is 0 Å². The molecule has 0 aliphatic carbocycles. The van der Waals surface area contributed by atoms with E-state index in [9.17, 15) is 0 Å². The first kappa shape index (κ1) is 9.21. The van der Waals surface area contributed by atoms with Crippen LogP contribution < -0.4 is 10.5 Å². The Balaban J connectivity index is 2.29. The van der Waals surface area contributed by atoms with Gasteiger partial charge in [-0.1, -0.05) is 6.07 Å². The molecule has 0 saturated heterocycles. The summed E-state index contributed by atoms with van der Waals surface area (Å²) in [5.41, 5.74) is 7.81. The van der Waals surface area contributed by atoms with Crippen molar-refractivity contribution in [1.82, 2.24) is 0 Å². The summed E-state index contributed by atoms with van der Waals surface area (Å²) in [6.45, 7) is 0.697. The molecule has 1 aromatic carbocycles. The van der Waals surface area contributed by atoms with Crippen molar-refractivity contribution in [2.24, 2.45) is 10.7 Å². The fourth-order valence-corrected chi connectivity index (χ4v) is 1.74. The number of hydrogen-bond acceptors (Lipinski definition) is 3. The molecule has 0 aromatic heterocycles. The minimum Gasteiger partial charge on any atom is -0.497 e. The molecule has 1 heterocycles. The Morgan fingerprint density at radius 1 is 1.50 bits per heavy atom.